The standard InChI is InChI=1S/C18H22N2O3/c1-20(2)15(17-6-4-10-23-17)12-19-18(21)14-7-8-16-13(11-14)5-3-9-22-16/h4,6-8,10-11,15H,3,5,9,12H2,1-2H3,(H,19,21). The average Bonchev–Trinajstić information content (AvgIpc) is 3.08. The third-order valence-electron chi connectivity index (χ3n) is 4.12. The monoisotopic (exact) mass is 314 g/mol. The van der Waals surface area contributed by atoms with Crippen molar-refractivity contribution in [2.45, 2.75) is 18.9 Å². The number of furan rings is 1. The molecule has 1 aliphatic rings. The first kappa shape index (κ1) is 15.6. The van der Waals surface area contributed by atoms with Gasteiger partial charge in [0, 0.05) is 12.1 Å². The van der Waals surface area contributed by atoms with Crippen LogP contribution in [0.3, 0.4) is 0 Å². The van der Waals surface area contributed by atoms with E-state index < -0.39 is 0 Å². The highest BCUT2D eigenvalue weighted by Gasteiger charge is 2.19. The number of hydrogen-bond acceptors (Lipinski definition) is 4. The summed E-state index contributed by atoms with van der Waals surface area (Å²) in [5.74, 6) is 1.67. The van der Waals surface area contributed by atoms with Gasteiger partial charge >= 0.3 is 0 Å². The molecule has 0 saturated heterocycles. The van der Waals surface area contributed by atoms with Crippen LogP contribution in [0, 0.1) is 0 Å². The molecule has 1 aliphatic heterocycles. The molecule has 1 aromatic carbocycles. The van der Waals surface area contributed by atoms with Crippen LogP contribution in [0.1, 0.15) is 34.1 Å². The Hall–Kier alpha value is -2.27. The van der Waals surface area contributed by atoms with Gasteiger partial charge in [-0.25, -0.2) is 0 Å². The van der Waals surface area contributed by atoms with Gasteiger partial charge in [-0.3, -0.25) is 9.69 Å². The van der Waals surface area contributed by atoms with Crippen LogP contribution in [-0.4, -0.2) is 38.1 Å². The predicted molar refractivity (Wildman–Crippen MR) is 87.7 cm³/mol. The van der Waals surface area contributed by atoms with E-state index in [0.717, 1.165) is 36.5 Å². The number of amides is 1. The number of benzene rings is 1. The number of aryl methyl sites for hydroxylation is 1. The molecular weight excluding hydrogens is 292 g/mol. The molecule has 0 aliphatic carbocycles. The zero-order valence-electron chi connectivity index (χ0n) is 13.5. The highest BCUT2D eigenvalue weighted by atomic mass is 16.5. The first-order chi connectivity index (χ1) is 11.1. The molecule has 1 amide bonds. The molecule has 23 heavy (non-hydrogen) atoms. The van der Waals surface area contributed by atoms with Gasteiger partial charge in [-0.2, -0.15) is 0 Å². The Morgan fingerprint density at radius 3 is 2.96 bits per heavy atom. The molecule has 1 unspecified atom stereocenters. The van der Waals surface area contributed by atoms with E-state index in [-0.39, 0.29) is 11.9 Å². The maximum Gasteiger partial charge on any atom is 0.251 e. The van der Waals surface area contributed by atoms with Crippen LogP contribution < -0.4 is 10.1 Å². The van der Waals surface area contributed by atoms with Crippen LogP contribution in [0.4, 0.5) is 0 Å². The summed E-state index contributed by atoms with van der Waals surface area (Å²) in [6.07, 6.45) is 3.61. The number of likely N-dealkylation sites (N-methyl/N-ethyl adjacent to an activating group) is 1. The molecule has 1 aromatic heterocycles. The van der Waals surface area contributed by atoms with Crippen molar-refractivity contribution in [3.8, 4) is 5.75 Å². The molecular formula is C18H22N2O3. The summed E-state index contributed by atoms with van der Waals surface area (Å²) in [7, 11) is 3.94. The quantitative estimate of drug-likeness (QED) is 0.922. The summed E-state index contributed by atoms with van der Waals surface area (Å²) >= 11 is 0. The Balaban J connectivity index is 1.67. The number of carbonyl (C=O) groups excluding carboxylic acids is 1. The number of ether oxygens (including phenoxy) is 1. The van der Waals surface area contributed by atoms with Gasteiger partial charge in [0.05, 0.1) is 18.9 Å². The third kappa shape index (κ3) is 3.56. The number of carbonyl (C=O) groups is 1. The fraction of sp³-hybridized carbons (Fsp3) is 0.389. The van der Waals surface area contributed by atoms with E-state index in [1.165, 1.54) is 0 Å². The summed E-state index contributed by atoms with van der Waals surface area (Å²) in [5, 5.41) is 2.99. The van der Waals surface area contributed by atoms with Gasteiger partial charge in [0.15, 0.2) is 0 Å². The highest BCUT2D eigenvalue weighted by Crippen LogP contribution is 2.25. The van der Waals surface area contributed by atoms with Crippen molar-refractivity contribution in [3.63, 3.8) is 0 Å². The Morgan fingerprint density at radius 2 is 2.22 bits per heavy atom. The second-order valence-corrected chi connectivity index (χ2v) is 5.98. The van der Waals surface area contributed by atoms with E-state index >= 15 is 0 Å². The number of nitrogens with zero attached hydrogens (tertiary/aromatic N) is 1. The summed E-state index contributed by atoms with van der Waals surface area (Å²) in [6.45, 7) is 1.25. The predicted octanol–water partition coefficient (Wildman–Crippen LogP) is 2.64. The first-order valence-electron chi connectivity index (χ1n) is 7.89. The molecule has 0 radical (unpaired) electrons. The fourth-order valence-electron chi connectivity index (χ4n) is 2.81. The summed E-state index contributed by atoms with van der Waals surface area (Å²) in [6, 6.07) is 9.43. The molecule has 0 spiro atoms. The summed E-state index contributed by atoms with van der Waals surface area (Å²) < 4.78 is 11.0. The van der Waals surface area contributed by atoms with Crippen LogP contribution in [-0.2, 0) is 6.42 Å². The number of hydrogen-bond donors (Lipinski definition) is 1. The third-order valence-corrected chi connectivity index (χ3v) is 4.12. The van der Waals surface area contributed by atoms with Gasteiger partial charge in [0.25, 0.3) is 5.91 Å². The zero-order valence-corrected chi connectivity index (χ0v) is 13.5. The van der Waals surface area contributed by atoms with Crippen LogP contribution in [0.5, 0.6) is 5.75 Å². The molecule has 5 heteroatoms. The molecule has 0 fully saturated rings. The SMILES string of the molecule is CN(C)C(CNC(=O)c1ccc2c(c1)CCCO2)c1ccco1. The smallest absolute Gasteiger partial charge is 0.251 e. The molecule has 1 atom stereocenters. The van der Waals surface area contributed by atoms with Crippen LogP contribution in [0.15, 0.2) is 41.0 Å². The second-order valence-electron chi connectivity index (χ2n) is 5.98. The van der Waals surface area contributed by atoms with Crippen molar-refractivity contribution in [2.24, 2.45) is 0 Å². The van der Waals surface area contributed by atoms with Gasteiger partial charge in [-0.05, 0) is 62.8 Å². The topological polar surface area (TPSA) is 54.7 Å². The largest absolute Gasteiger partial charge is 0.493 e. The number of fused-ring (bicyclic) bond motifs is 1. The lowest BCUT2D eigenvalue weighted by molar-refractivity contribution is 0.0939. The molecule has 2 aromatic rings. The number of nitrogens with one attached hydrogen (secondary N) is 1. The van der Waals surface area contributed by atoms with Gasteiger partial charge in [-0.15, -0.1) is 0 Å². The second kappa shape index (κ2) is 6.87. The molecule has 0 saturated carbocycles. The Kier molecular flexibility index (Phi) is 4.67. The summed E-state index contributed by atoms with van der Waals surface area (Å²) in [4.78, 5) is 14.5. The minimum atomic E-state index is -0.0724. The van der Waals surface area contributed by atoms with E-state index in [0.29, 0.717) is 12.1 Å². The van der Waals surface area contributed by atoms with Crippen molar-refractivity contribution in [1.29, 1.82) is 0 Å². The highest BCUT2D eigenvalue weighted by molar-refractivity contribution is 5.94. The maximum absolute atomic E-state index is 12.4. The lowest BCUT2D eigenvalue weighted by Crippen LogP contribution is -2.34. The maximum atomic E-state index is 12.4. The van der Waals surface area contributed by atoms with Crippen molar-refractivity contribution < 1.29 is 13.9 Å². The first-order valence-corrected chi connectivity index (χ1v) is 7.89. The van der Waals surface area contributed by atoms with Gasteiger partial charge in [0.1, 0.15) is 11.5 Å². The number of rotatable bonds is 5. The molecule has 122 valence electrons. The van der Waals surface area contributed by atoms with Gasteiger partial charge in [-0.1, -0.05) is 0 Å². The van der Waals surface area contributed by atoms with E-state index in [4.69, 9.17) is 9.15 Å². The lowest BCUT2D eigenvalue weighted by Gasteiger charge is -2.23. The van der Waals surface area contributed by atoms with Gasteiger partial charge < -0.3 is 14.5 Å². The zero-order chi connectivity index (χ0) is 16.2. The minimum absolute atomic E-state index is 0.00918. The van der Waals surface area contributed by atoms with E-state index in [1.54, 1.807) is 6.26 Å². The molecule has 5 nitrogen and oxygen atoms in total. The average molecular weight is 314 g/mol. The van der Waals surface area contributed by atoms with E-state index in [2.05, 4.69) is 5.32 Å². The molecule has 0 bridgehead atoms. The van der Waals surface area contributed by atoms with Crippen LogP contribution in [0.2, 0.25) is 0 Å². The normalized spacial score (nSPS) is 14.9. The van der Waals surface area contributed by atoms with Crippen molar-refractivity contribution in [3.05, 3.63) is 53.5 Å². The van der Waals surface area contributed by atoms with Crippen molar-refractivity contribution in [1.82, 2.24) is 10.2 Å². The Morgan fingerprint density at radius 1 is 1.35 bits per heavy atom. The molecule has 1 N–H and O–H groups in total. The van der Waals surface area contributed by atoms with Gasteiger partial charge in [0.2, 0.25) is 0 Å². The van der Waals surface area contributed by atoms with Crippen molar-refractivity contribution in [2.75, 3.05) is 27.2 Å². The lowest BCUT2D eigenvalue weighted by atomic mass is 10.0. The molecule has 3 rings (SSSR count). The molecule has 2 heterocycles. The minimum Gasteiger partial charge on any atom is -0.493 e. The van der Waals surface area contributed by atoms with Crippen molar-refractivity contribution >= 4 is 5.91 Å². The Bertz CT molecular complexity index is 665. The van der Waals surface area contributed by atoms with Crippen LogP contribution in [0.25, 0.3) is 0 Å². The van der Waals surface area contributed by atoms with E-state index in [9.17, 15) is 4.79 Å². The van der Waals surface area contributed by atoms with E-state index in [1.807, 2.05) is 49.3 Å². The van der Waals surface area contributed by atoms with Crippen LogP contribution >= 0.6 is 0 Å². The summed E-state index contributed by atoms with van der Waals surface area (Å²) in [5.41, 5.74) is 1.78. The fourth-order valence-corrected chi connectivity index (χ4v) is 2.81. The Labute approximate surface area is 136 Å².